The molecular formula is C15H21N5. The molecule has 0 amide bonds. The topological polar surface area (TPSA) is 48.1 Å². The lowest BCUT2D eigenvalue weighted by Crippen LogP contribution is -2.30. The van der Waals surface area contributed by atoms with Crippen LogP contribution in [0.15, 0.2) is 12.3 Å². The monoisotopic (exact) mass is 271 g/mol. The highest BCUT2D eigenvalue weighted by Crippen LogP contribution is 2.41. The van der Waals surface area contributed by atoms with Gasteiger partial charge in [0.25, 0.3) is 0 Å². The van der Waals surface area contributed by atoms with Crippen LogP contribution in [0, 0.1) is 12.3 Å². The highest BCUT2D eigenvalue weighted by molar-refractivity contribution is 5.87. The van der Waals surface area contributed by atoms with Gasteiger partial charge in [-0.3, -0.25) is 0 Å². The molecule has 0 aromatic carbocycles. The summed E-state index contributed by atoms with van der Waals surface area (Å²) >= 11 is 0. The molecule has 4 rings (SSSR count). The van der Waals surface area contributed by atoms with E-state index in [1.165, 1.54) is 25.9 Å². The van der Waals surface area contributed by atoms with Crippen LogP contribution in [-0.4, -0.2) is 53.1 Å². The second-order valence-electron chi connectivity index (χ2n) is 6.49. The summed E-state index contributed by atoms with van der Waals surface area (Å²) < 4.78 is 0. The Bertz CT molecular complexity index is 649. The molecule has 5 heteroatoms. The zero-order chi connectivity index (χ0) is 13.7. The van der Waals surface area contributed by atoms with Gasteiger partial charge >= 0.3 is 0 Å². The van der Waals surface area contributed by atoms with Gasteiger partial charge in [0.15, 0.2) is 0 Å². The van der Waals surface area contributed by atoms with Crippen LogP contribution in [0.4, 0.5) is 5.82 Å². The highest BCUT2D eigenvalue weighted by Gasteiger charge is 2.43. The predicted octanol–water partition coefficient (Wildman–Crippen LogP) is 1.80. The number of aromatic nitrogens is 3. The molecule has 2 fully saturated rings. The fourth-order valence-corrected chi connectivity index (χ4v) is 3.88. The van der Waals surface area contributed by atoms with Crippen LogP contribution in [-0.2, 0) is 0 Å². The Morgan fingerprint density at radius 3 is 2.85 bits per heavy atom. The first-order chi connectivity index (χ1) is 9.65. The third-order valence-electron chi connectivity index (χ3n) is 4.87. The Kier molecular flexibility index (Phi) is 2.54. The number of fused-ring (bicyclic) bond motifs is 1. The van der Waals surface area contributed by atoms with Crippen molar-refractivity contribution in [1.29, 1.82) is 0 Å². The Balaban J connectivity index is 1.69. The third kappa shape index (κ3) is 1.80. The van der Waals surface area contributed by atoms with Gasteiger partial charge in [-0.1, -0.05) is 0 Å². The van der Waals surface area contributed by atoms with Gasteiger partial charge in [-0.2, -0.15) is 0 Å². The first-order valence-corrected chi connectivity index (χ1v) is 7.41. The van der Waals surface area contributed by atoms with E-state index in [0.717, 1.165) is 35.8 Å². The van der Waals surface area contributed by atoms with Gasteiger partial charge in [0.2, 0.25) is 0 Å². The minimum Gasteiger partial charge on any atom is -0.355 e. The lowest BCUT2D eigenvalue weighted by molar-refractivity contribution is 0.312. The first-order valence-electron chi connectivity index (χ1n) is 7.41. The molecule has 1 unspecified atom stereocenters. The third-order valence-corrected chi connectivity index (χ3v) is 4.87. The maximum absolute atomic E-state index is 4.71. The Labute approximate surface area is 119 Å². The van der Waals surface area contributed by atoms with Crippen molar-refractivity contribution >= 4 is 16.9 Å². The standard InChI is InChI=1S/C15H21N5/c1-11-17-13-12(3-6-16-13)14(18-11)20-8-5-15(10-20)4-7-19(2)9-15/h3,6H,4-5,7-10H2,1-2H3,(H,16,17,18). The molecule has 2 aromatic heterocycles. The SMILES string of the molecule is Cc1nc(N2CCC3(CCN(C)C3)C2)c2cc[nH]c2n1. The molecule has 2 aliphatic rings. The summed E-state index contributed by atoms with van der Waals surface area (Å²) in [5, 5.41) is 1.15. The van der Waals surface area contributed by atoms with E-state index in [0.29, 0.717) is 5.41 Å². The fourth-order valence-electron chi connectivity index (χ4n) is 3.88. The normalized spacial score (nSPS) is 27.2. The van der Waals surface area contributed by atoms with Crippen molar-refractivity contribution in [1.82, 2.24) is 19.9 Å². The molecule has 106 valence electrons. The van der Waals surface area contributed by atoms with E-state index in [1.807, 2.05) is 13.1 Å². The number of hydrogen-bond acceptors (Lipinski definition) is 4. The van der Waals surface area contributed by atoms with Crippen molar-refractivity contribution in [2.24, 2.45) is 5.41 Å². The predicted molar refractivity (Wildman–Crippen MR) is 80.0 cm³/mol. The van der Waals surface area contributed by atoms with Crippen LogP contribution in [0.1, 0.15) is 18.7 Å². The van der Waals surface area contributed by atoms with Crippen molar-refractivity contribution in [2.45, 2.75) is 19.8 Å². The van der Waals surface area contributed by atoms with Gasteiger partial charge < -0.3 is 14.8 Å². The minimum atomic E-state index is 0.482. The second-order valence-corrected chi connectivity index (χ2v) is 6.49. The molecule has 5 nitrogen and oxygen atoms in total. The number of nitrogens with one attached hydrogen (secondary N) is 1. The lowest BCUT2D eigenvalue weighted by atomic mass is 9.86. The molecule has 1 N–H and O–H groups in total. The molecule has 0 radical (unpaired) electrons. The lowest BCUT2D eigenvalue weighted by Gasteiger charge is -2.24. The van der Waals surface area contributed by atoms with Gasteiger partial charge in [0, 0.05) is 31.2 Å². The smallest absolute Gasteiger partial charge is 0.143 e. The van der Waals surface area contributed by atoms with E-state index < -0.39 is 0 Å². The largest absolute Gasteiger partial charge is 0.355 e. The van der Waals surface area contributed by atoms with Gasteiger partial charge in [-0.05, 0) is 39.4 Å². The number of nitrogens with zero attached hydrogens (tertiary/aromatic N) is 4. The molecule has 2 saturated heterocycles. The fraction of sp³-hybridized carbons (Fsp3) is 0.600. The summed E-state index contributed by atoms with van der Waals surface area (Å²) in [4.78, 5) is 17.3. The van der Waals surface area contributed by atoms with Gasteiger partial charge in [-0.15, -0.1) is 0 Å². The van der Waals surface area contributed by atoms with Crippen LogP contribution >= 0.6 is 0 Å². The van der Waals surface area contributed by atoms with Gasteiger partial charge in [0.05, 0.1) is 5.39 Å². The van der Waals surface area contributed by atoms with E-state index in [1.54, 1.807) is 0 Å². The molecule has 0 saturated carbocycles. The number of likely N-dealkylation sites (tertiary alicyclic amines) is 1. The minimum absolute atomic E-state index is 0.482. The van der Waals surface area contributed by atoms with Crippen LogP contribution < -0.4 is 4.90 Å². The number of rotatable bonds is 1. The van der Waals surface area contributed by atoms with E-state index in [-0.39, 0.29) is 0 Å². The zero-order valence-electron chi connectivity index (χ0n) is 12.2. The number of aromatic amines is 1. The van der Waals surface area contributed by atoms with Crippen molar-refractivity contribution in [3.63, 3.8) is 0 Å². The summed E-state index contributed by atoms with van der Waals surface area (Å²) in [6.45, 7) is 6.68. The van der Waals surface area contributed by atoms with Crippen LogP contribution in [0.25, 0.3) is 11.0 Å². The maximum Gasteiger partial charge on any atom is 0.143 e. The highest BCUT2D eigenvalue weighted by atomic mass is 15.3. The maximum atomic E-state index is 4.71. The Morgan fingerprint density at radius 1 is 1.20 bits per heavy atom. The van der Waals surface area contributed by atoms with Crippen LogP contribution in [0.5, 0.6) is 0 Å². The van der Waals surface area contributed by atoms with Crippen molar-refractivity contribution in [2.75, 3.05) is 38.1 Å². The summed E-state index contributed by atoms with van der Waals surface area (Å²) in [6.07, 6.45) is 4.56. The molecule has 1 spiro atoms. The van der Waals surface area contributed by atoms with Gasteiger partial charge in [0.1, 0.15) is 17.3 Å². The van der Waals surface area contributed by atoms with E-state index in [9.17, 15) is 0 Å². The average molecular weight is 271 g/mol. The molecule has 0 aliphatic carbocycles. The molecule has 4 heterocycles. The summed E-state index contributed by atoms with van der Waals surface area (Å²) in [5.41, 5.74) is 1.44. The van der Waals surface area contributed by atoms with Crippen LogP contribution in [0.3, 0.4) is 0 Å². The Hall–Kier alpha value is -1.62. The molecular weight excluding hydrogens is 250 g/mol. The molecule has 1 atom stereocenters. The number of hydrogen-bond donors (Lipinski definition) is 1. The zero-order valence-corrected chi connectivity index (χ0v) is 12.2. The van der Waals surface area contributed by atoms with Crippen molar-refractivity contribution in [3.8, 4) is 0 Å². The van der Waals surface area contributed by atoms with Gasteiger partial charge in [-0.25, -0.2) is 9.97 Å². The van der Waals surface area contributed by atoms with Crippen molar-refractivity contribution in [3.05, 3.63) is 18.1 Å². The summed E-state index contributed by atoms with van der Waals surface area (Å²) in [6, 6.07) is 2.09. The molecule has 20 heavy (non-hydrogen) atoms. The number of aryl methyl sites for hydroxylation is 1. The van der Waals surface area contributed by atoms with Crippen molar-refractivity contribution < 1.29 is 0 Å². The molecule has 0 bridgehead atoms. The molecule has 2 aliphatic heterocycles. The number of H-pyrrole nitrogens is 1. The quantitative estimate of drug-likeness (QED) is 0.859. The molecule has 2 aromatic rings. The van der Waals surface area contributed by atoms with E-state index >= 15 is 0 Å². The number of anilines is 1. The van der Waals surface area contributed by atoms with Crippen LogP contribution in [0.2, 0.25) is 0 Å². The average Bonchev–Trinajstić information content (AvgIpc) is 3.10. The van der Waals surface area contributed by atoms with E-state index in [2.05, 4.69) is 32.9 Å². The van der Waals surface area contributed by atoms with E-state index in [4.69, 9.17) is 4.98 Å². The summed E-state index contributed by atoms with van der Waals surface area (Å²) in [7, 11) is 2.23. The first kappa shape index (κ1) is 12.1. The second kappa shape index (κ2) is 4.19. The Morgan fingerprint density at radius 2 is 2.05 bits per heavy atom. The summed E-state index contributed by atoms with van der Waals surface area (Å²) in [5.74, 6) is 1.96.